The molecule has 6 nitrogen and oxygen atoms in total. The summed E-state index contributed by atoms with van der Waals surface area (Å²) in [4.78, 5) is 32.8. The van der Waals surface area contributed by atoms with E-state index in [9.17, 15) is 14.4 Å². The Morgan fingerprint density at radius 2 is 1.63 bits per heavy atom. The molecule has 0 atom stereocenters. The lowest BCUT2D eigenvalue weighted by Gasteiger charge is -2.05. The van der Waals surface area contributed by atoms with Crippen molar-refractivity contribution in [3.8, 4) is 0 Å². The predicted molar refractivity (Wildman–Crippen MR) is 68.8 cm³/mol. The van der Waals surface area contributed by atoms with Crippen LogP contribution in [0.2, 0.25) is 0 Å². The van der Waals surface area contributed by atoms with Gasteiger partial charge in [0.1, 0.15) is 0 Å². The van der Waals surface area contributed by atoms with E-state index in [0.717, 1.165) is 0 Å². The number of aromatic carboxylic acids is 1. The molecule has 0 spiro atoms. The van der Waals surface area contributed by atoms with Gasteiger partial charge in [0.2, 0.25) is 5.91 Å². The van der Waals surface area contributed by atoms with E-state index in [2.05, 4.69) is 5.32 Å². The minimum atomic E-state index is -1.03. The largest absolute Gasteiger partial charge is 0.478 e. The molecule has 0 aliphatic heterocycles. The number of hydrogen-bond donors (Lipinski definition) is 3. The zero-order chi connectivity index (χ0) is 14.3. The quantitative estimate of drug-likeness (QED) is 0.632. The fourth-order valence-corrected chi connectivity index (χ4v) is 1.49. The lowest BCUT2D eigenvalue weighted by Crippen LogP contribution is -2.24. The molecule has 2 amide bonds. The highest BCUT2D eigenvalue weighted by atomic mass is 16.4. The van der Waals surface area contributed by atoms with Crippen LogP contribution in [0.25, 0.3) is 0 Å². The number of carboxylic acids is 1. The van der Waals surface area contributed by atoms with Gasteiger partial charge in [-0.05, 0) is 37.1 Å². The highest BCUT2D eigenvalue weighted by Crippen LogP contribution is 2.04. The summed E-state index contributed by atoms with van der Waals surface area (Å²) in [6, 6.07) is 5.68. The molecule has 0 saturated carbocycles. The Bertz CT molecular complexity index is 468. The first-order valence-corrected chi connectivity index (χ1v) is 5.90. The van der Waals surface area contributed by atoms with Gasteiger partial charge in [0.05, 0.1) is 5.56 Å². The Hall–Kier alpha value is -2.37. The van der Waals surface area contributed by atoms with Crippen molar-refractivity contribution in [2.45, 2.75) is 19.3 Å². The van der Waals surface area contributed by atoms with Crippen LogP contribution in [-0.4, -0.2) is 29.4 Å². The maximum absolute atomic E-state index is 11.7. The molecule has 0 aliphatic carbocycles. The fourth-order valence-electron chi connectivity index (χ4n) is 1.49. The molecular formula is C13H16N2O4. The number of benzene rings is 1. The average molecular weight is 264 g/mol. The highest BCUT2D eigenvalue weighted by Gasteiger charge is 2.07. The molecule has 102 valence electrons. The van der Waals surface area contributed by atoms with E-state index in [4.69, 9.17) is 10.8 Å². The topological polar surface area (TPSA) is 109 Å². The molecular weight excluding hydrogens is 248 g/mol. The zero-order valence-electron chi connectivity index (χ0n) is 10.4. The van der Waals surface area contributed by atoms with Crippen molar-refractivity contribution in [1.82, 2.24) is 5.32 Å². The van der Waals surface area contributed by atoms with E-state index in [-0.39, 0.29) is 17.4 Å². The van der Waals surface area contributed by atoms with Gasteiger partial charge in [-0.3, -0.25) is 9.59 Å². The van der Waals surface area contributed by atoms with Crippen molar-refractivity contribution in [3.05, 3.63) is 35.4 Å². The van der Waals surface area contributed by atoms with E-state index >= 15 is 0 Å². The van der Waals surface area contributed by atoms with E-state index in [1.54, 1.807) is 0 Å². The van der Waals surface area contributed by atoms with Crippen LogP contribution in [0.5, 0.6) is 0 Å². The van der Waals surface area contributed by atoms with Gasteiger partial charge in [-0.15, -0.1) is 0 Å². The fraction of sp³-hybridized carbons (Fsp3) is 0.308. The molecule has 0 aliphatic rings. The standard InChI is InChI=1S/C13H16N2O4/c14-11(16)3-1-2-8-15-12(17)9-4-6-10(7-5-9)13(18)19/h4-7H,1-3,8H2,(H2,14,16)(H,15,17)(H,18,19). The van der Waals surface area contributed by atoms with Crippen molar-refractivity contribution >= 4 is 17.8 Å². The summed E-state index contributed by atoms with van der Waals surface area (Å²) >= 11 is 0. The van der Waals surface area contributed by atoms with E-state index in [1.165, 1.54) is 24.3 Å². The van der Waals surface area contributed by atoms with Gasteiger partial charge in [-0.25, -0.2) is 4.79 Å². The number of rotatable bonds is 7. The highest BCUT2D eigenvalue weighted by molar-refractivity contribution is 5.95. The molecule has 4 N–H and O–H groups in total. The molecule has 0 saturated heterocycles. The maximum atomic E-state index is 11.7. The van der Waals surface area contributed by atoms with Crippen LogP contribution in [0.15, 0.2) is 24.3 Å². The SMILES string of the molecule is NC(=O)CCCCNC(=O)c1ccc(C(=O)O)cc1. The summed E-state index contributed by atoms with van der Waals surface area (Å²) < 4.78 is 0. The molecule has 1 aromatic rings. The van der Waals surface area contributed by atoms with Gasteiger partial charge >= 0.3 is 5.97 Å². The first-order valence-electron chi connectivity index (χ1n) is 5.90. The number of carbonyl (C=O) groups is 3. The van der Waals surface area contributed by atoms with E-state index in [1.807, 2.05) is 0 Å². The van der Waals surface area contributed by atoms with Gasteiger partial charge in [-0.1, -0.05) is 0 Å². The second kappa shape index (κ2) is 7.15. The minimum absolute atomic E-state index is 0.137. The third-order valence-electron chi connectivity index (χ3n) is 2.53. The summed E-state index contributed by atoms with van der Waals surface area (Å²) in [6.45, 7) is 0.451. The Kier molecular flexibility index (Phi) is 5.53. The first-order chi connectivity index (χ1) is 9.00. The molecule has 0 aromatic heterocycles. The molecule has 0 fully saturated rings. The van der Waals surface area contributed by atoms with Gasteiger partial charge in [0, 0.05) is 18.5 Å². The van der Waals surface area contributed by atoms with Crippen LogP contribution in [0, 0.1) is 0 Å². The Morgan fingerprint density at radius 1 is 1.05 bits per heavy atom. The number of carbonyl (C=O) groups excluding carboxylic acids is 2. The van der Waals surface area contributed by atoms with Crippen LogP contribution < -0.4 is 11.1 Å². The van der Waals surface area contributed by atoms with Gasteiger partial charge in [0.25, 0.3) is 5.91 Å². The van der Waals surface area contributed by atoms with Crippen LogP contribution in [0.1, 0.15) is 40.0 Å². The molecule has 0 unspecified atom stereocenters. The predicted octanol–water partition coefficient (Wildman–Crippen LogP) is 0.770. The molecule has 0 bridgehead atoms. The monoisotopic (exact) mass is 264 g/mol. The number of amides is 2. The van der Waals surface area contributed by atoms with Crippen molar-refractivity contribution in [2.24, 2.45) is 5.73 Å². The third-order valence-corrected chi connectivity index (χ3v) is 2.53. The van der Waals surface area contributed by atoms with E-state index in [0.29, 0.717) is 31.4 Å². The Balaban J connectivity index is 2.37. The lowest BCUT2D eigenvalue weighted by atomic mass is 10.1. The van der Waals surface area contributed by atoms with Crippen LogP contribution in [0.4, 0.5) is 0 Å². The Morgan fingerprint density at radius 3 is 2.16 bits per heavy atom. The summed E-state index contributed by atoms with van der Waals surface area (Å²) in [5, 5.41) is 11.4. The van der Waals surface area contributed by atoms with Crippen molar-refractivity contribution < 1.29 is 19.5 Å². The number of nitrogens with one attached hydrogen (secondary N) is 1. The maximum Gasteiger partial charge on any atom is 0.335 e. The second-order valence-corrected chi connectivity index (χ2v) is 4.06. The Labute approximate surface area is 110 Å². The van der Waals surface area contributed by atoms with Gasteiger partial charge in [-0.2, -0.15) is 0 Å². The molecule has 1 rings (SSSR count). The first kappa shape index (κ1) is 14.7. The summed E-state index contributed by atoms with van der Waals surface area (Å²) in [7, 11) is 0. The normalized spacial score (nSPS) is 9.89. The third kappa shape index (κ3) is 5.20. The van der Waals surface area contributed by atoms with Crippen LogP contribution in [0.3, 0.4) is 0 Å². The lowest BCUT2D eigenvalue weighted by molar-refractivity contribution is -0.118. The van der Waals surface area contributed by atoms with Crippen molar-refractivity contribution in [2.75, 3.05) is 6.54 Å². The van der Waals surface area contributed by atoms with Crippen LogP contribution >= 0.6 is 0 Å². The molecule has 0 heterocycles. The smallest absolute Gasteiger partial charge is 0.335 e. The molecule has 1 aromatic carbocycles. The van der Waals surface area contributed by atoms with E-state index < -0.39 is 5.97 Å². The number of unbranched alkanes of at least 4 members (excludes halogenated alkanes) is 1. The number of nitrogens with two attached hydrogens (primary N) is 1. The number of primary amides is 1. The molecule has 19 heavy (non-hydrogen) atoms. The van der Waals surface area contributed by atoms with Crippen molar-refractivity contribution in [3.63, 3.8) is 0 Å². The summed E-state index contributed by atoms with van der Waals surface area (Å²) in [5.74, 6) is -1.65. The second-order valence-electron chi connectivity index (χ2n) is 4.06. The number of carboxylic acid groups (broad SMARTS) is 1. The van der Waals surface area contributed by atoms with Crippen molar-refractivity contribution in [1.29, 1.82) is 0 Å². The number of hydrogen-bond acceptors (Lipinski definition) is 3. The molecule has 6 heteroatoms. The van der Waals surface area contributed by atoms with Crippen LogP contribution in [-0.2, 0) is 4.79 Å². The molecule has 0 radical (unpaired) electrons. The summed E-state index contributed by atoms with van der Waals surface area (Å²) in [6.07, 6.45) is 1.61. The minimum Gasteiger partial charge on any atom is -0.478 e. The summed E-state index contributed by atoms with van der Waals surface area (Å²) in [5.41, 5.74) is 5.53. The zero-order valence-corrected chi connectivity index (χ0v) is 10.4. The van der Waals surface area contributed by atoms with Gasteiger partial charge < -0.3 is 16.2 Å². The average Bonchev–Trinajstić information content (AvgIpc) is 2.37. The van der Waals surface area contributed by atoms with Gasteiger partial charge in [0.15, 0.2) is 0 Å².